The first-order chi connectivity index (χ1) is 6.60. The number of anilines is 1. The summed E-state index contributed by atoms with van der Waals surface area (Å²) in [5, 5.41) is 8.77. The van der Waals surface area contributed by atoms with Crippen LogP contribution in [0.5, 0.6) is 5.88 Å². The Hall–Kier alpha value is -1.83. The van der Waals surface area contributed by atoms with Crippen molar-refractivity contribution in [2.75, 3.05) is 12.8 Å². The Morgan fingerprint density at radius 1 is 1.43 bits per heavy atom. The van der Waals surface area contributed by atoms with Gasteiger partial charge in [0.2, 0.25) is 5.88 Å². The van der Waals surface area contributed by atoms with E-state index in [0.717, 1.165) is 0 Å². The molecule has 1 rings (SSSR count). The second-order valence-corrected chi connectivity index (χ2v) is 3.12. The summed E-state index contributed by atoms with van der Waals surface area (Å²) >= 11 is 0. The minimum Gasteiger partial charge on any atom is -0.480 e. The first-order valence-corrected chi connectivity index (χ1v) is 4.21. The zero-order chi connectivity index (χ0) is 10.7. The topological polar surface area (TPSA) is 84.8 Å². The third-order valence-corrected chi connectivity index (χ3v) is 1.74. The molecule has 0 atom stereocenters. The zero-order valence-electron chi connectivity index (χ0n) is 8.40. The number of methoxy groups -OCH3 is 1. The third-order valence-electron chi connectivity index (χ3n) is 1.74. The van der Waals surface area contributed by atoms with Crippen molar-refractivity contribution in [2.24, 2.45) is 0 Å². The van der Waals surface area contributed by atoms with Gasteiger partial charge in [0.1, 0.15) is 17.7 Å². The summed E-state index contributed by atoms with van der Waals surface area (Å²) in [7, 11) is 1.45. The molecule has 0 amide bonds. The maximum absolute atomic E-state index is 8.77. The first kappa shape index (κ1) is 10.3. The second-order valence-electron chi connectivity index (χ2n) is 3.12. The SMILES string of the molecule is COc1nc(C(C)C)nc(N)c1C#N. The van der Waals surface area contributed by atoms with E-state index in [9.17, 15) is 0 Å². The van der Waals surface area contributed by atoms with Crippen LogP contribution in [0.4, 0.5) is 5.82 Å². The number of hydrogen-bond donors (Lipinski definition) is 1. The van der Waals surface area contributed by atoms with Crippen molar-refractivity contribution in [1.82, 2.24) is 9.97 Å². The Balaban J connectivity index is 3.33. The Kier molecular flexibility index (Phi) is 2.87. The van der Waals surface area contributed by atoms with Gasteiger partial charge in [-0.05, 0) is 0 Å². The van der Waals surface area contributed by atoms with E-state index in [0.29, 0.717) is 5.82 Å². The van der Waals surface area contributed by atoms with E-state index in [1.807, 2.05) is 19.9 Å². The van der Waals surface area contributed by atoms with E-state index >= 15 is 0 Å². The quantitative estimate of drug-likeness (QED) is 0.757. The van der Waals surface area contributed by atoms with Gasteiger partial charge in [-0.2, -0.15) is 10.2 Å². The molecule has 0 aromatic carbocycles. The fourth-order valence-electron chi connectivity index (χ4n) is 0.985. The van der Waals surface area contributed by atoms with Gasteiger partial charge >= 0.3 is 0 Å². The van der Waals surface area contributed by atoms with Crippen LogP contribution in [0.1, 0.15) is 31.2 Å². The fraction of sp³-hybridized carbons (Fsp3) is 0.444. The lowest BCUT2D eigenvalue weighted by Gasteiger charge is -2.08. The van der Waals surface area contributed by atoms with Gasteiger partial charge in [-0.25, -0.2) is 4.98 Å². The maximum atomic E-state index is 8.77. The number of aromatic nitrogens is 2. The van der Waals surface area contributed by atoms with Crippen LogP contribution in [0, 0.1) is 11.3 Å². The molecule has 1 aromatic heterocycles. The van der Waals surface area contributed by atoms with Gasteiger partial charge in [0, 0.05) is 5.92 Å². The van der Waals surface area contributed by atoms with Crippen LogP contribution in [0.2, 0.25) is 0 Å². The van der Waals surface area contributed by atoms with Gasteiger partial charge < -0.3 is 10.5 Å². The molecule has 1 aromatic rings. The van der Waals surface area contributed by atoms with Gasteiger partial charge in [-0.15, -0.1) is 0 Å². The molecule has 0 radical (unpaired) electrons. The Labute approximate surface area is 82.5 Å². The van der Waals surface area contributed by atoms with Gasteiger partial charge in [-0.1, -0.05) is 13.8 Å². The highest BCUT2D eigenvalue weighted by Gasteiger charge is 2.14. The van der Waals surface area contributed by atoms with Crippen LogP contribution >= 0.6 is 0 Å². The van der Waals surface area contributed by atoms with E-state index in [4.69, 9.17) is 15.7 Å². The molecule has 5 nitrogen and oxygen atoms in total. The van der Waals surface area contributed by atoms with Crippen LogP contribution in [-0.4, -0.2) is 17.1 Å². The van der Waals surface area contributed by atoms with Crippen LogP contribution in [0.3, 0.4) is 0 Å². The van der Waals surface area contributed by atoms with Gasteiger partial charge in [0.05, 0.1) is 7.11 Å². The summed E-state index contributed by atoms with van der Waals surface area (Å²) in [6.07, 6.45) is 0. The molecular formula is C9H12N4O. The Morgan fingerprint density at radius 2 is 2.07 bits per heavy atom. The lowest BCUT2D eigenvalue weighted by molar-refractivity contribution is 0.393. The molecule has 0 aliphatic carbocycles. The number of nitrogens with two attached hydrogens (primary N) is 1. The molecule has 14 heavy (non-hydrogen) atoms. The van der Waals surface area contributed by atoms with Crippen molar-refractivity contribution in [3.63, 3.8) is 0 Å². The predicted octanol–water partition coefficient (Wildman–Crippen LogP) is 1.06. The predicted molar refractivity (Wildman–Crippen MR) is 51.8 cm³/mol. The highest BCUT2D eigenvalue weighted by Crippen LogP contribution is 2.22. The number of nitrogen functional groups attached to an aromatic ring is 1. The van der Waals surface area contributed by atoms with Crippen LogP contribution in [-0.2, 0) is 0 Å². The molecule has 0 unspecified atom stereocenters. The molecule has 0 bridgehead atoms. The molecule has 0 aliphatic heterocycles. The highest BCUT2D eigenvalue weighted by atomic mass is 16.5. The van der Waals surface area contributed by atoms with Crippen molar-refractivity contribution < 1.29 is 4.74 Å². The minimum absolute atomic E-state index is 0.152. The Bertz CT molecular complexity index is 381. The molecule has 1 heterocycles. The van der Waals surface area contributed by atoms with Crippen molar-refractivity contribution >= 4 is 5.82 Å². The van der Waals surface area contributed by atoms with E-state index in [-0.39, 0.29) is 23.2 Å². The van der Waals surface area contributed by atoms with Crippen molar-refractivity contribution in [1.29, 1.82) is 5.26 Å². The van der Waals surface area contributed by atoms with E-state index in [1.54, 1.807) is 0 Å². The van der Waals surface area contributed by atoms with Crippen LogP contribution < -0.4 is 10.5 Å². The fourth-order valence-corrected chi connectivity index (χ4v) is 0.985. The molecule has 0 aliphatic rings. The van der Waals surface area contributed by atoms with Crippen molar-refractivity contribution in [3.05, 3.63) is 11.4 Å². The van der Waals surface area contributed by atoms with Gasteiger partial charge in [-0.3, -0.25) is 0 Å². The average molecular weight is 192 g/mol. The number of hydrogen-bond acceptors (Lipinski definition) is 5. The summed E-state index contributed by atoms with van der Waals surface area (Å²) in [6.45, 7) is 3.89. The van der Waals surface area contributed by atoms with E-state index in [2.05, 4.69) is 9.97 Å². The van der Waals surface area contributed by atoms with Gasteiger partial charge in [0.15, 0.2) is 5.56 Å². The normalized spacial score (nSPS) is 9.93. The van der Waals surface area contributed by atoms with Gasteiger partial charge in [0.25, 0.3) is 0 Å². The highest BCUT2D eigenvalue weighted by molar-refractivity contribution is 5.54. The van der Waals surface area contributed by atoms with Crippen LogP contribution in [0.25, 0.3) is 0 Å². The zero-order valence-corrected chi connectivity index (χ0v) is 8.40. The minimum atomic E-state index is 0.152. The molecule has 5 heteroatoms. The van der Waals surface area contributed by atoms with Crippen molar-refractivity contribution in [3.8, 4) is 11.9 Å². The summed E-state index contributed by atoms with van der Waals surface area (Å²) in [5.41, 5.74) is 5.78. The maximum Gasteiger partial charge on any atom is 0.237 e. The number of rotatable bonds is 2. The molecule has 74 valence electrons. The molecule has 0 saturated carbocycles. The summed E-state index contributed by atoms with van der Waals surface area (Å²) in [5.74, 6) is 1.14. The van der Waals surface area contributed by atoms with E-state index in [1.165, 1.54) is 7.11 Å². The number of ether oxygens (including phenoxy) is 1. The Morgan fingerprint density at radius 3 is 2.50 bits per heavy atom. The van der Waals surface area contributed by atoms with Crippen LogP contribution in [0.15, 0.2) is 0 Å². The number of nitrogens with zero attached hydrogens (tertiary/aromatic N) is 3. The van der Waals surface area contributed by atoms with Crippen molar-refractivity contribution in [2.45, 2.75) is 19.8 Å². The first-order valence-electron chi connectivity index (χ1n) is 4.21. The lowest BCUT2D eigenvalue weighted by atomic mass is 10.2. The summed E-state index contributed by atoms with van der Waals surface area (Å²) in [6, 6.07) is 1.91. The standard InChI is InChI=1S/C9H12N4O/c1-5(2)8-12-7(11)6(4-10)9(13-8)14-3/h5H,1-3H3,(H2,11,12,13). The lowest BCUT2D eigenvalue weighted by Crippen LogP contribution is -2.06. The largest absolute Gasteiger partial charge is 0.480 e. The molecule has 0 fully saturated rings. The molecule has 0 spiro atoms. The second kappa shape index (κ2) is 3.92. The third kappa shape index (κ3) is 1.74. The average Bonchev–Trinajstić information content (AvgIpc) is 2.16. The molecular weight excluding hydrogens is 180 g/mol. The molecule has 2 N–H and O–H groups in total. The number of nitriles is 1. The summed E-state index contributed by atoms with van der Waals surface area (Å²) < 4.78 is 4.95. The van der Waals surface area contributed by atoms with E-state index < -0.39 is 0 Å². The smallest absolute Gasteiger partial charge is 0.237 e. The summed E-state index contributed by atoms with van der Waals surface area (Å²) in [4.78, 5) is 8.10. The molecule has 0 saturated heterocycles. The monoisotopic (exact) mass is 192 g/mol.